The standard InChI is InChI=1S/C29H30N2O5S/c1-4-5-14-36-27-25-28(33)30(2)16-22(31(25)15-21(26(27)32)29(34)35-3)24-19-11-7-6-10-18(19)17-37-23-13-9-8-12-20(23)24/h6-13,15,22,24H,4-5,14,16-17H2,1-3H3/t22-,24?/m1/s1. The summed E-state index contributed by atoms with van der Waals surface area (Å²) in [7, 11) is 2.99. The van der Waals surface area contributed by atoms with E-state index in [1.165, 1.54) is 29.3 Å². The fraction of sp³-hybridized carbons (Fsp3) is 0.345. The molecule has 0 fully saturated rings. The predicted octanol–water partition coefficient (Wildman–Crippen LogP) is 4.88. The van der Waals surface area contributed by atoms with Crippen LogP contribution < -0.4 is 10.2 Å². The van der Waals surface area contributed by atoms with Gasteiger partial charge < -0.3 is 18.9 Å². The molecule has 2 aromatic carbocycles. The summed E-state index contributed by atoms with van der Waals surface area (Å²) in [4.78, 5) is 42.5. The number of hydrogen-bond acceptors (Lipinski definition) is 6. The number of methoxy groups -OCH3 is 1. The molecular weight excluding hydrogens is 488 g/mol. The molecule has 0 saturated carbocycles. The molecule has 192 valence electrons. The van der Waals surface area contributed by atoms with E-state index in [-0.39, 0.29) is 41.5 Å². The third kappa shape index (κ3) is 4.44. The number of hydrogen-bond donors (Lipinski definition) is 0. The van der Waals surface area contributed by atoms with Crippen LogP contribution >= 0.6 is 11.8 Å². The van der Waals surface area contributed by atoms with Crippen molar-refractivity contribution in [3.63, 3.8) is 0 Å². The Morgan fingerprint density at radius 2 is 1.81 bits per heavy atom. The summed E-state index contributed by atoms with van der Waals surface area (Å²) in [6.45, 7) is 2.70. The van der Waals surface area contributed by atoms with E-state index in [4.69, 9.17) is 9.47 Å². The second-order valence-corrected chi connectivity index (χ2v) is 10.4. The Morgan fingerprint density at radius 3 is 2.57 bits per heavy atom. The number of benzene rings is 2. The number of thioether (sulfide) groups is 1. The summed E-state index contributed by atoms with van der Waals surface area (Å²) >= 11 is 1.79. The second kappa shape index (κ2) is 10.5. The lowest BCUT2D eigenvalue weighted by Gasteiger charge is -2.40. The number of amides is 1. The average Bonchev–Trinajstić information content (AvgIpc) is 3.08. The van der Waals surface area contributed by atoms with Crippen molar-refractivity contribution in [3.8, 4) is 5.75 Å². The number of nitrogens with zero attached hydrogens (tertiary/aromatic N) is 2. The minimum absolute atomic E-state index is 0.0810. The van der Waals surface area contributed by atoms with Gasteiger partial charge in [0.1, 0.15) is 5.56 Å². The largest absolute Gasteiger partial charge is 0.487 e. The molecule has 2 aliphatic heterocycles. The maximum Gasteiger partial charge on any atom is 0.343 e. The van der Waals surface area contributed by atoms with Crippen LogP contribution in [0.3, 0.4) is 0 Å². The summed E-state index contributed by atoms with van der Waals surface area (Å²) in [6.07, 6.45) is 3.08. The summed E-state index contributed by atoms with van der Waals surface area (Å²) in [5.41, 5.74) is 2.98. The highest BCUT2D eigenvalue weighted by molar-refractivity contribution is 7.98. The van der Waals surface area contributed by atoms with Gasteiger partial charge in [-0.2, -0.15) is 0 Å². The number of ether oxygens (including phenoxy) is 2. The van der Waals surface area contributed by atoms with E-state index in [0.29, 0.717) is 6.54 Å². The van der Waals surface area contributed by atoms with Gasteiger partial charge in [-0.15, -0.1) is 11.8 Å². The highest BCUT2D eigenvalue weighted by Gasteiger charge is 2.41. The summed E-state index contributed by atoms with van der Waals surface area (Å²) in [5, 5.41) is 0. The molecule has 7 nitrogen and oxygen atoms in total. The topological polar surface area (TPSA) is 77.8 Å². The summed E-state index contributed by atoms with van der Waals surface area (Å²) in [6, 6.07) is 16.4. The van der Waals surface area contributed by atoms with E-state index >= 15 is 0 Å². The Kier molecular flexibility index (Phi) is 7.11. The minimum atomic E-state index is -0.747. The molecule has 5 rings (SSSR count). The predicted molar refractivity (Wildman–Crippen MR) is 143 cm³/mol. The van der Waals surface area contributed by atoms with Gasteiger partial charge >= 0.3 is 5.97 Å². The van der Waals surface area contributed by atoms with Crippen molar-refractivity contribution < 1.29 is 19.1 Å². The summed E-state index contributed by atoms with van der Waals surface area (Å²) < 4.78 is 12.7. The molecule has 3 aromatic rings. The Balaban J connectivity index is 1.78. The number of carbonyl (C=O) groups is 2. The van der Waals surface area contributed by atoms with Crippen LogP contribution in [0.15, 0.2) is 64.4 Å². The molecule has 0 radical (unpaired) electrons. The molecule has 0 aliphatic carbocycles. The molecule has 1 amide bonds. The first-order valence-corrected chi connectivity index (χ1v) is 13.5. The first kappa shape index (κ1) is 25.1. The van der Waals surface area contributed by atoms with Crippen LogP contribution in [0.25, 0.3) is 0 Å². The highest BCUT2D eigenvalue weighted by Crippen LogP contribution is 2.47. The van der Waals surface area contributed by atoms with Crippen LogP contribution in [0.2, 0.25) is 0 Å². The number of unbranched alkanes of at least 4 members (excludes halogenated alkanes) is 1. The van der Waals surface area contributed by atoms with Gasteiger partial charge in [0.15, 0.2) is 11.4 Å². The average molecular weight is 519 g/mol. The number of fused-ring (bicyclic) bond motifs is 3. The van der Waals surface area contributed by atoms with Gasteiger partial charge in [-0.25, -0.2) is 4.79 Å². The number of rotatable bonds is 6. The maximum absolute atomic E-state index is 13.5. The van der Waals surface area contributed by atoms with Gasteiger partial charge in [0.05, 0.1) is 19.8 Å². The second-order valence-electron chi connectivity index (χ2n) is 9.41. The van der Waals surface area contributed by atoms with Gasteiger partial charge in [0.25, 0.3) is 5.91 Å². The summed E-state index contributed by atoms with van der Waals surface area (Å²) in [5.74, 6) is -0.416. The van der Waals surface area contributed by atoms with E-state index in [0.717, 1.165) is 24.2 Å². The monoisotopic (exact) mass is 518 g/mol. The number of likely N-dealkylation sites (N-methyl/N-ethyl adjacent to an activating group) is 1. The molecule has 0 N–H and O–H groups in total. The maximum atomic E-state index is 13.5. The van der Waals surface area contributed by atoms with Crippen molar-refractivity contribution in [1.29, 1.82) is 0 Å². The zero-order valence-corrected chi connectivity index (χ0v) is 22.0. The number of carbonyl (C=O) groups excluding carboxylic acids is 2. The van der Waals surface area contributed by atoms with Crippen LogP contribution in [-0.2, 0) is 10.5 Å². The lowest BCUT2D eigenvalue weighted by Crippen LogP contribution is -2.45. The van der Waals surface area contributed by atoms with E-state index in [9.17, 15) is 14.4 Å². The van der Waals surface area contributed by atoms with E-state index in [1.807, 2.05) is 31.2 Å². The highest BCUT2D eigenvalue weighted by atomic mass is 32.2. The SMILES string of the molecule is CCCCOc1c2n(cc(C(=O)OC)c1=O)[C@@H](C1c3ccccc3CSc3ccccc31)CN(C)C2=O. The van der Waals surface area contributed by atoms with Gasteiger partial charge in [-0.1, -0.05) is 55.8 Å². The molecule has 2 atom stereocenters. The van der Waals surface area contributed by atoms with E-state index in [1.54, 1.807) is 28.3 Å². The van der Waals surface area contributed by atoms with Crippen LogP contribution in [-0.4, -0.2) is 48.7 Å². The third-order valence-corrected chi connectivity index (χ3v) is 8.26. The zero-order valence-electron chi connectivity index (χ0n) is 21.2. The van der Waals surface area contributed by atoms with Crippen LogP contribution in [0.4, 0.5) is 0 Å². The zero-order chi connectivity index (χ0) is 26.1. The molecular formula is C29H30N2O5S. The number of aromatic nitrogens is 1. The Labute approximate surface area is 220 Å². The van der Waals surface area contributed by atoms with Crippen molar-refractivity contribution in [1.82, 2.24) is 9.47 Å². The van der Waals surface area contributed by atoms with E-state index in [2.05, 4.69) is 24.3 Å². The first-order chi connectivity index (χ1) is 18.0. The fourth-order valence-electron chi connectivity index (χ4n) is 5.26. The molecule has 37 heavy (non-hydrogen) atoms. The molecule has 2 aliphatic rings. The number of pyridine rings is 1. The molecule has 3 heterocycles. The Bertz CT molecular complexity index is 1370. The normalized spacial score (nSPS) is 18.4. The van der Waals surface area contributed by atoms with Crippen LogP contribution in [0, 0.1) is 0 Å². The minimum Gasteiger partial charge on any atom is -0.487 e. The lowest BCUT2D eigenvalue weighted by molar-refractivity contribution is 0.0590. The van der Waals surface area contributed by atoms with Gasteiger partial charge in [0.2, 0.25) is 5.43 Å². The van der Waals surface area contributed by atoms with Crippen molar-refractivity contribution >= 4 is 23.6 Å². The Hall–Kier alpha value is -3.52. The number of esters is 1. The van der Waals surface area contributed by atoms with Crippen LogP contribution in [0.5, 0.6) is 5.75 Å². The van der Waals surface area contributed by atoms with Gasteiger partial charge in [0, 0.05) is 36.4 Å². The van der Waals surface area contributed by atoms with Crippen LogP contribution in [0.1, 0.15) is 69.3 Å². The van der Waals surface area contributed by atoms with Crippen molar-refractivity contribution in [2.24, 2.45) is 0 Å². The molecule has 1 aromatic heterocycles. The molecule has 8 heteroatoms. The molecule has 0 bridgehead atoms. The van der Waals surface area contributed by atoms with E-state index < -0.39 is 11.4 Å². The lowest BCUT2D eigenvalue weighted by atomic mass is 9.81. The quantitative estimate of drug-likeness (QED) is 0.342. The van der Waals surface area contributed by atoms with Crippen molar-refractivity contribution in [2.75, 3.05) is 27.3 Å². The smallest absolute Gasteiger partial charge is 0.343 e. The Morgan fingerprint density at radius 1 is 1.08 bits per heavy atom. The van der Waals surface area contributed by atoms with Gasteiger partial charge in [-0.3, -0.25) is 9.59 Å². The molecule has 0 saturated heterocycles. The van der Waals surface area contributed by atoms with Gasteiger partial charge in [-0.05, 0) is 29.2 Å². The third-order valence-electron chi connectivity index (χ3n) is 7.12. The molecule has 1 unspecified atom stereocenters. The van der Waals surface area contributed by atoms with Crippen molar-refractivity contribution in [3.05, 3.63) is 92.9 Å². The first-order valence-electron chi connectivity index (χ1n) is 12.5. The fourth-order valence-corrected chi connectivity index (χ4v) is 6.37. The molecule has 0 spiro atoms. The van der Waals surface area contributed by atoms with Crippen molar-refractivity contribution in [2.45, 2.75) is 42.4 Å².